The van der Waals surface area contributed by atoms with Gasteiger partial charge in [-0.05, 0) is 48.4 Å². The largest absolute Gasteiger partial charge is 0.497 e. The number of aliphatic hydroxyl groups excluding tert-OH is 1. The highest BCUT2D eigenvalue weighted by molar-refractivity contribution is 6.30. The number of hydrogen-bond donors (Lipinski definition) is 2. The van der Waals surface area contributed by atoms with E-state index in [0.717, 1.165) is 5.56 Å². The van der Waals surface area contributed by atoms with Crippen molar-refractivity contribution in [1.82, 2.24) is 0 Å². The summed E-state index contributed by atoms with van der Waals surface area (Å²) in [5.41, 5.74) is 1.92. The van der Waals surface area contributed by atoms with Crippen molar-refractivity contribution >= 4 is 23.2 Å². The molecule has 2 rings (SSSR count). The van der Waals surface area contributed by atoms with Crippen LogP contribution in [0.2, 0.25) is 5.02 Å². The summed E-state index contributed by atoms with van der Waals surface area (Å²) in [6.45, 7) is 1.83. The van der Waals surface area contributed by atoms with Crippen molar-refractivity contribution in [1.29, 1.82) is 0 Å². The zero-order valence-corrected chi connectivity index (χ0v) is 12.5. The Morgan fingerprint density at radius 2 is 2.05 bits per heavy atom. The molecular formula is C16H16ClNO3. The van der Waals surface area contributed by atoms with E-state index in [1.165, 1.54) is 7.11 Å². The molecule has 21 heavy (non-hydrogen) atoms. The van der Waals surface area contributed by atoms with E-state index in [1.807, 2.05) is 6.92 Å². The molecule has 1 atom stereocenters. The Kier molecular flexibility index (Phi) is 4.83. The van der Waals surface area contributed by atoms with Gasteiger partial charge in [0.05, 0.1) is 7.11 Å². The minimum Gasteiger partial charge on any atom is -0.497 e. The molecule has 0 aromatic heterocycles. The average Bonchev–Trinajstić information content (AvgIpc) is 2.49. The van der Waals surface area contributed by atoms with E-state index < -0.39 is 12.0 Å². The number of benzene rings is 2. The molecule has 2 aromatic carbocycles. The lowest BCUT2D eigenvalue weighted by molar-refractivity contribution is -0.124. The number of carbonyl (C=O) groups is 1. The Hall–Kier alpha value is -2.04. The maximum atomic E-state index is 12.1. The number of methoxy groups -OCH3 is 1. The topological polar surface area (TPSA) is 58.6 Å². The number of amides is 1. The van der Waals surface area contributed by atoms with Crippen LogP contribution < -0.4 is 10.1 Å². The second-order valence-electron chi connectivity index (χ2n) is 4.63. The van der Waals surface area contributed by atoms with E-state index in [0.29, 0.717) is 22.0 Å². The molecule has 0 saturated heterocycles. The van der Waals surface area contributed by atoms with Gasteiger partial charge in [-0.15, -0.1) is 0 Å². The molecule has 5 heteroatoms. The Labute approximate surface area is 128 Å². The fraction of sp³-hybridized carbons (Fsp3) is 0.188. The molecule has 0 saturated carbocycles. The molecule has 1 amide bonds. The first-order valence-corrected chi connectivity index (χ1v) is 6.78. The highest BCUT2D eigenvalue weighted by Crippen LogP contribution is 2.23. The number of carbonyl (C=O) groups excluding carboxylic acids is 1. The van der Waals surface area contributed by atoms with Crippen LogP contribution in [0.25, 0.3) is 0 Å². The van der Waals surface area contributed by atoms with Gasteiger partial charge in [0.25, 0.3) is 5.91 Å². The van der Waals surface area contributed by atoms with Crippen molar-refractivity contribution in [3.63, 3.8) is 0 Å². The van der Waals surface area contributed by atoms with Crippen molar-refractivity contribution in [2.45, 2.75) is 13.0 Å². The number of nitrogens with one attached hydrogen (secondary N) is 1. The first-order valence-electron chi connectivity index (χ1n) is 6.40. The van der Waals surface area contributed by atoms with Crippen molar-refractivity contribution in [3.05, 3.63) is 58.6 Å². The van der Waals surface area contributed by atoms with Crippen molar-refractivity contribution in [2.24, 2.45) is 0 Å². The standard InChI is InChI=1S/C16H16ClNO3/c1-10-8-12(17)6-7-14(10)18-16(20)15(19)11-4-3-5-13(9-11)21-2/h3-9,15,19H,1-2H3,(H,18,20). The summed E-state index contributed by atoms with van der Waals surface area (Å²) in [5, 5.41) is 13.4. The second kappa shape index (κ2) is 6.61. The minimum absolute atomic E-state index is 0.471. The van der Waals surface area contributed by atoms with Crippen LogP contribution in [0.1, 0.15) is 17.2 Å². The fourth-order valence-electron chi connectivity index (χ4n) is 1.93. The molecule has 0 aliphatic heterocycles. The first-order chi connectivity index (χ1) is 10.0. The SMILES string of the molecule is COc1cccc(C(O)C(=O)Nc2ccc(Cl)cc2C)c1. The van der Waals surface area contributed by atoms with Crippen LogP contribution in [0.3, 0.4) is 0 Å². The number of hydrogen-bond acceptors (Lipinski definition) is 3. The lowest BCUT2D eigenvalue weighted by Crippen LogP contribution is -2.21. The Balaban J connectivity index is 2.15. The zero-order chi connectivity index (χ0) is 15.4. The molecule has 0 fully saturated rings. The fourth-order valence-corrected chi connectivity index (χ4v) is 2.16. The van der Waals surface area contributed by atoms with E-state index in [4.69, 9.17) is 16.3 Å². The monoisotopic (exact) mass is 305 g/mol. The lowest BCUT2D eigenvalue weighted by Gasteiger charge is -2.14. The van der Waals surface area contributed by atoms with Gasteiger partial charge in [0.15, 0.2) is 6.10 Å². The van der Waals surface area contributed by atoms with Gasteiger partial charge in [-0.25, -0.2) is 0 Å². The smallest absolute Gasteiger partial charge is 0.257 e. The van der Waals surface area contributed by atoms with Gasteiger partial charge < -0.3 is 15.2 Å². The third kappa shape index (κ3) is 3.74. The maximum absolute atomic E-state index is 12.1. The lowest BCUT2D eigenvalue weighted by atomic mass is 10.1. The Morgan fingerprint density at radius 3 is 2.71 bits per heavy atom. The molecular weight excluding hydrogens is 290 g/mol. The van der Waals surface area contributed by atoms with Gasteiger partial charge in [-0.2, -0.15) is 0 Å². The zero-order valence-electron chi connectivity index (χ0n) is 11.8. The normalized spacial score (nSPS) is 11.8. The van der Waals surface area contributed by atoms with Crippen LogP contribution in [-0.4, -0.2) is 18.1 Å². The predicted octanol–water partition coefficient (Wildman–Crippen LogP) is 3.33. The number of aryl methyl sites for hydroxylation is 1. The summed E-state index contributed by atoms with van der Waals surface area (Å²) in [5.74, 6) is 0.0794. The molecule has 110 valence electrons. The minimum atomic E-state index is -1.27. The molecule has 2 N–H and O–H groups in total. The van der Waals surface area contributed by atoms with E-state index in [2.05, 4.69) is 5.32 Å². The summed E-state index contributed by atoms with van der Waals surface area (Å²) in [6.07, 6.45) is -1.27. The van der Waals surface area contributed by atoms with E-state index in [-0.39, 0.29) is 0 Å². The molecule has 0 spiro atoms. The summed E-state index contributed by atoms with van der Waals surface area (Å²) in [7, 11) is 1.53. The number of anilines is 1. The van der Waals surface area contributed by atoms with Gasteiger partial charge in [0.2, 0.25) is 0 Å². The maximum Gasteiger partial charge on any atom is 0.257 e. The Morgan fingerprint density at radius 1 is 1.29 bits per heavy atom. The van der Waals surface area contributed by atoms with Gasteiger partial charge in [0, 0.05) is 10.7 Å². The molecule has 2 aromatic rings. The van der Waals surface area contributed by atoms with Gasteiger partial charge >= 0.3 is 0 Å². The van der Waals surface area contributed by atoms with Gasteiger partial charge in [-0.1, -0.05) is 23.7 Å². The molecule has 1 unspecified atom stereocenters. The third-order valence-corrected chi connectivity index (χ3v) is 3.34. The van der Waals surface area contributed by atoms with Crippen LogP contribution in [0.15, 0.2) is 42.5 Å². The number of ether oxygens (including phenoxy) is 1. The quantitative estimate of drug-likeness (QED) is 0.911. The highest BCUT2D eigenvalue weighted by atomic mass is 35.5. The first kappa shape index (κ1) is 15.4. The van der Waals surface area contributed by atoms with Crippen LogP contribution in [0, 0.1) is 6.92 Å². The number of rotatable bonds is 4. The van der Waals surface area contributed by atoms with E-state index in [1.54, 1.807) is 42.5 Å². The van der Waals surface area contributed by atoms with Crippen LogP contribution >= 0.6 is 11.6 Å². The summed E-state index contributed by atoms with van der Waals surface area (Å²) >= 11 is 5.87. The summed E-state index contributed by atoms with van der Waals surface area (Å²) in [6, 6.07) is 11.9. The van der Waals surface area contributed by atoms with E-state index >= 15 is 0 Å². The molecule has 0 radical (unpaired) electrons. The van der Waals surface area contributed by atoms with Crippen LogP contribution in [0.4, 0.5) is 5.69 Å². The van der Waals surface area contributed by atoms with Gasteiger partial charge in [-0.3, -0.25) is 4.79 Å². The predicted molar refractivity (Wildman–Crippen MR) is 82.8 cm³/mol. The third-order valence-electron chi connectivity index (χ3n) is 3.10. The van der Waals surface area contributed by atoms with Crippen molar-refractivity contribution < 1.29 is 14.6 Å². The van der Waals surface area contributed by atoms with E-state index in [9.17, 15) is 9.90 Å². The van der Waals surface area contributed by atoms with Crippen molar-refractivity contribution in [2.75, 3.05) is 12.4 Å². The summed E-state index contributed by atoms with van der Waals surface area (Å²) in [4.78, 5) is 12.1. The van der Waals surface area contributed by atoms with Crippen molar-refractivity contribution in [3.8, 4) is 5.75 Å². The number of aliphatic hydroxyl groups is 1. The molecule has 0 aliphatic carbocycles. The average molecular weight is 306 g/mol. The van der Waals surface area contributed by atoms with Crippen LogP contribution in [0.5, 0.6) is 5.75 Å². The van der Waals surface area contributed by atoms with Crippen LogP contribution in [-0.2, 0) is 4.79 Å². The highest BCUT2D eigenvalue weighted by Gasteiger charge is 2.18. The Bertz CT molecular complexity index is 658. The molecule has 0 aliphatic rings. The molecule has 0 heterocycles. The van der Waals surface area contributed by atoms with Gasteiger partial charge in [0.1, 0.15) is 5.75 Å². The second-order valence-corrected chi connectivity index (χ2v) is 5.06. The molecule has 4 nitrogen and oxygen atoms in total. The number of halogens is 1. The molecule has 0 bridgehead atoms. The summed E-state index contributed by atoms with van der Waals surface area (Å²) < 4.78 is 5.08.